The van der Waals surface area contributed by atoms with Gasteiger partial charge in [-0.25, -0.2) is 9.59 Å². The van der Waals surface area contributed by atoms with E-state index < -0.39 is 11.9 Å². The normalized spacial score (nSPS) is 10.0. The third-order valence-corrected chi connectivity index (χ3v) is 4.68. The molecule has 0 spiro atoms. The highest BCUT2D eigenvalue weighted by atomic mass is 16.6. The van der Waals surface area contributed by atoms with Crippen LogP contribution in [0.2, 0.25) is 0 Å². The lowest BCUT2D eigenvalue weighted by molar-refractivity contribution is -0.139. The summed E-state index contributed by atoms with van der Waals surface area (Å²) in [5, 5.41) is 0. The van der Waals surface area contributed by atoms with Crippen LogP contribution in [-0.2, 0) is 24.5 Å². The van der Waals surface area contributed by atoms with Crippen molar-refractivity contribution in [1.82, 2.24) is 0 Å². The van der Waals surface area contributed by atoms with Gasteiger partial charge in [0.1, 0.15) is 37.9 Å². The highest BCUT2D eigenvalue weighted by Crippen LogP contribution is 2.33. The number of hydrogen-bond donors (Lipinski definition) is 0. The average molecular weight is 457 g/mol. The second kappa shape index (κ2) is 14.5. The van der Waals surface area contributed by atoms with Gasteiger partial charge < -0.3 is 18.9 Å². The molecule has 0 radical (unpaired) electrons. The van der Waals surface area contributed by atoms with E-state index in [1.165, 1.54) is 0 Å². The van der Waals surface area contributed by atoms with Gasteiger partial charge in [0.25, 0.3) is 0 Å². The number of rotatable bonds is 12. The van der Waals surface area contributed by atoms with Gasteiger partial charge in [0.2, 0.25) is 0 Å². The number of ether oxygens (including phenoxy) is 4. The predicted octanol–water partition coefficient (Wildman–Crippen LogP) is 5.50. The Hall–Kier alpha value is -3.54. The van der Waals surface area contributed by atoms with Gasteiger partial charge in [-0.05, 0) is 35.4 Å². The third-order valence-electron chi connectivity index (χ3n) is 4.68. The molecule has 6 heteroatoms. The Kier molecular flexibility index (Phi) is 13.0. The van der Waals surface area contributed by atoms with Gasteiger partial charge >= 0.3 is 11.9 Å². The maximum atomic E-state index is 11.0. The fourth-order valence-electron chi connectivity index (χ4n) is 2.82. The first kappa shape index (κ1) is 29.5. The summed E-state index contributed by atoms with van der Waals surface area (Å²) < 4.78 is 21.0. The van der Waals surface area contributed by atoms with Crippen molar-refractivity contribution in [2.75, 3.05) is 26.4 Å². The second-order valence-electron chi connectivity index (χ2n) is 7.11. The van der Waals surface area contributed by atoms with E-state index >= 15 is 0 Å². The molecule has 0 amide bonds. The Morgan fingerprint density at radius 1 is 0.697 bits per heavy atom. The molecule has 0 aromatic heterocycles. The summed E-state index contributed by atoms with van der Waals surface area (Å²) in [6, 6.07) is 15.7. The summed E-state index contributed by atoms with van der Waals surface area (Å²) in [7, 11) is 0. The maximum Gasteiger partial charge on any atom is 0.330 e. The molecule has 0 aliphatic rings. The molecule has 6 nitrogen and oxygen atoms in total. The zero-order chi connectivity index (χ0) is 22.7. The van der Waals surface area contributed by atoms with Gasteiger partial charge in [0.15, 0.2) is 0 Å². The number of hydrogen-bond acceptors (Lipinski definition) is 6. The molecular formula is C27H36O6. The topological polar surface area (TPSA) is 71.1 Å². The third kappa shape index (κ3) is 9.23. The number of esters is 2. The van der Waals surface area contributed by atoms with Crippen molar-refractivity contribution in [3.63, 3.8) is 0 Å². The van der Waals surface area contributed by atoms with Crippen molar-refractivity contribution in [3.8, 4) is 11.5 Å². The van der Waals surface area contributed by atoms with E-state index in [-0.39, 0.29) is 46.7 Å². The Balaban J connectivity index is 0.00000512. The Morgan fingerprint density at radius 3 is 1.33 bits per heavy atom. The summed E-state index contributed by atoms with van der Waals surface area (Å²) in [6.45, 7) is 11.9. The summed E-state index contributed by atoms with van der Waals surface area (Å²) in [5.74, 6) is 0.478. The minimum absolute atomic E-state index is 0. The van der Waals surface area contributed by atoms with E-state index in [9.17, 15) is 9.59 Å². The first-order valence-electron chi connectivity index (χ1n) is 9.92. The predicted molar refractivity (Wildman–Crippen MR) is 132 cm³/mol. The summed E-state index contributed by atoms with van der Waals surface area (Å²) in [4.78, 5) is 22.0. The Bertz CT molecular complexity index is 808. The highest BCUT2D eigenvalue weighted by molar-refractivity contribution is 5.81. The minimum atomic E-state index is -0.465. The number of carbonyl (C=O) groups is 2. The lowest BCUT2D eigenvalue weighted by Gasteiger charge is -2.26. The average Bonchev–Trinajstić information content (AvgIpc) is 2.79. The van der Waals surface area contributed by atoms with Crippen molar-refractivity contribution in [1.29, 1.82) is 0 Å². The van der Waals surface area contributed by atoms with Crippen LogP contribution in [0.3, 0.4) is 0 Å². The summed E-state index contributed by atoms with van der Waals surface area (Å²) >= 11 is 0. The van der Waals surface area contributed by atoms with Crippen molar-refractivity contribution in [3.05, 3.63) is 85.0 Å². The van der Waals surface area contributed by atoms with Gasteiger partial charge in [0, 0.05) is 17.6 Å². The van der Waals surface area contributed by atoms with E-state index in [2.05, 4.69) is 27.0 Å². The van der Waals surface area contributed by atoms with Gasteiger partial charge in [-0.3, -0.25) is 0 Å². The van der Waals surface area contributed by atoms with Gasteiger partial charge in [-0.15, -0.1) is 0 Å². The number of carbonyl (C=O) groups excluding carboxylic acids is 2. The molecule has 2 aromatic carbocycles. The first-order valence-corrected chi connectivity index (χ1v) is 9.92. The molecule has 33 heavy (non-hydrogen) atoms. The molecule has 0 unspecified atom stereocenters. The van der Waals surface area contributed by atoms with Crippen LogP contribution in [0.4, 0.5) is 0 Å². The first-order chi connectivity index (χ1) is 14.9. The van der Waals surface area contributed by atoms with Crippen molar-refractivity contribution >= 4 is 11.9 Å². The summed E-state index contributed by atoms with van der Waals surface area (Å²) in [5.41, 5.74) is 2.03. The molecule has 0 saturated heterocycles. The highest BCUT2D eigenvalue weighted by Gasteiger charge is 2.23. The molecule has 0 fully saturated rings. The molecular weight excluding hydrogens is 420 g/mol. The quantitative estimate of drug-likeness (QED) is 0.239. The van der Waals surface area contributed by atoms with E-state index in [0.717, 1.165) is 23.3 Å². The van der Waals surface area contributed by atoms with Crippen molar-refractivity contribution < 1.29 is 28.5 Å². The lowest BCUT2D eigenvalue weighted by atomic mass is 9.78. The van der Waals surface area contributed by atoms with Crippen LogP contribution in [-0.4, -0.2) is 38.4 Å². The molecule has 0 aliphatic carbocycles. The molecule has 2 aromatic rings. The molecule has 0 bridgehead atoms. The van der Waals surface area contributed by atoms with E-state index in [4.69, 9.17) is 18.9 Å². The fraction of sp³-hybridized carbons (Fsp3) is 0.333. The zero-order valence-electron chi connectivity index (χ0n) is 18.0. The van der Waals surface area contributed by atoms with E-state index in [1.54, 1.807) is 0 Å². The molecule has 0 aliphatic heterocycles. The van der Waals surface area contributed by atoms with Crippen LogP contribution in [0.1, 0.15) is 39.8 Å². The molecule has 0 N–H and O–H groups in total. The van der Waals surface area contributed by atoms with Crippen LogP contribution >= 0.6 is 0 Å². The lowest BCUT2D eigenvalue weighted by Crippen LogP contribution is -2.19. The molecule has 2 rings (SSSR count). The van der Waals surface area contributed by atoms with Crippen LogP contribution in [0.5, 0.6) is 11.5 Å². The zero-order valence-corrected chi connectivity index (χ0v) is 18.0. The summed E-state index contributed by atoms with van der Waals surface area (Å²) in [6.07, 6.45) is 2.24. The van der Waals surface area contributed by atoms with Crippen molar-refractivity contribution in [2.45, 2.75) is 34.1 Å². The van der Waals surface area contributed by atoms with E-state index in [0.29, 0.717) is 11.5 Å². The molecule has 0 heterocycles. The van der Waals surface area contributed by atoms with Crippen LogP contribution in [0.25, 0.3) is 0 Å². The minimum Gasteiger partial charge on any atom is -0.490 e. The SMILES string of the molecule is C.C.C=CC(=O)OCCOc1ccc(C(C)(C)c2ccc(OCCOC(=O)C=C)cc2)cc1. The maximum absolute atomic E-state index is 11.0. The van der Waals surface area contributed by atoms with Gasteiger partial charge in [0.05, 0.1) is 0 Å². The van der Waals surface area contributed by atoms with Gasteiger partial charge in [-0.2, -0.15) is 0 Å². The second-order valence-corrected chi connectivity index (χ2v) is 7.11. The Labute approximate surface area is 197 Å². The standard InChI is InChI=1S/C25H28O6.2CH4/c1-5-23(26)30-17-15-28-21-11-7-19(8-12-21)25(3,4)20-9-13-22(14-10-20)29-16-18-31-24(27)6-2;;/h5-14H,1-2,15-18H2,3-4H3;2*1H4. The smallest absolute Gasteiger partial charge is 0.330 e. The molecule has 180 valence electrons. The van der Waals surface area contributed by atoms with Crippen molar-refractivity contribution in [2.24, 2.45) is 0 Å². The van der Waals surface area contributed by atoms with Crippen LogP contribution in [0.15, 0.2) is 73.8 Å². The van der Waals surface area contributed by atoms with Crippen LogP contribution in [0, 0.1) is 0 Å². The van der Waals surface area contributed by atoms with E-state index in [1.807, 2.05) is 48.5 Å². The number of benzene rings is 2. The largest absolute Gasteiger partial charge is 0.490 e. The van der Waals surface area contributed by atoms with Gasteiger partial charge in [-0.1, -0.05) is 66.1 Å². The Morgan fingerprint density at radius 2 is 1.03 bits per heavy atom. The van der Waals surface area contributed by atoms with Crippen LogP contribution < -0.4 is 9.47 Å². The monoisotopic (exact) mass is 456 g/mol. The fourth-order valence-corrected chi connectivity index (χ4v) is 2.82. The molecule has 0 atom stereocenters. The molecule has 0 saturated carbocycles.